The van der Waals surface area contributed by atoms with Gasteiger partial charge in [-0.25, -0.2) is 4.79 Å². The predicted octanol–water partition coefficient (Wildman–Crippen LogP) is 1.28. The van der Waals surface area contributed by atoms with Gasteiger partial charge in [0.1, 0.15) is 17.3 Å². The molecule has 0 spiro atoms. The predicted molar refractivity (Wildman–Crippen MR) is 88.4 cm³/mol. The molecule has 0 aliphatic rings. The molecule has 1 rings (SSSR count). The number of para-hydroxylation sites is 2. The van der Waals surface area contributed by atoms with E-state index in [0.717, 1.165) is 6.20 Å². The number of hydrogen-bond acceptors (Lipinski definition) is 7. The van der Waals surface area contributed by atoms with Gasteiger partial charge in [0.25, 0.3) is 11.6 Å². The summed E-state index contributed by atoms with van der Waals surface area (Å²) in [5.74, 6) is -0.789. The summed E-state index contributed by atoms with van der Waals surface area (Å²) in [6.45, 7) is 2.40. The molecule has 0 heterocycles. The Bertz CT molecular complexity index is 711. The molecule has 3 N–H and O–H groups in total. The first-order valence-corrected chi connectivity index (χ1v) is 7.28. The Morgan fingerprint density at radius 1 is 1.36 bits per heavy atom. The number of nitro benzene ring substituents is 1. The molecule has 1 aromatic carbocycles. The van der Waals surface area contributed by atoms with E-state index in [9.17, 15) is 19.7 Å². The zero-order chi connectivity index (χ0) is 18.7. The number of carbonyl (C=O) groups excluding carboxylic acids is 2. The summed E-state index contributed by atoms with van der Waals surface area (Å²) in [6.07, 6.45) is 0.597. The molecule has 10 nitrogen and oxygen atoms in total. The third-order valence-corrected chi connectivity index (χ3v) is 2.77. The quantitative estimate of drug-likeness (QED) is 0.211. The van der Waals surface area contributed by atoms with Gasteiger partial charge in [-0.1, -0.05) is 12.1 Å². The summed E-state index contributed by atoms with van der Waals surface area (Å²) < 4.78 is 4.66. The van der Waals surface area contributed by atoms with Gasteiger partial charge in [0.15, 0.2) is 0 Å². The van der Waals surface area contributed by atoms with E-state index in [0.29, 0.717) is 0 Å². The van der Waals surface area contributed by atoms with Crippen molar-refractivity contribution >= 4 is 23.4 Å². The largest absolute Gasteiger partial charge is 0.450 e. The van der Waals surface area contributed by atoms with Gasteiger partial charge in [-0.15, -0.1) is 0 Å². The van der Waals surface area contributed by atoms with Crippen molar-refractivity contribution in [2.75, 3.05) is 25.0 Å². The Hall–Kier alpha value is -3.61. The average molecular weight is 347 g/mol. The average Bonchev–Trinajstić information content (AvgIpc) is 2.58. The molecule has 0 fully saturated rings. The molecule has 25 heavy (non-hydrogen) atoms. The number of amides is 2. The summed E-state index contributed by atoms with van der Waals surface area (Å²) in [6, 6.07) is 7.29. The fraction of sp³-hybridized carbons (Fsp3) is 0.267. The summed E-state index contributed by atoms with van der Waals surface area (Å²) >= 11 is 0. The highest BCUT2D eigenvalue weighted by atomic mass is 16.6. The molecule has 0 atom stereocenters. The summed E-state index contributed by atoms with van der Waals surface area (Å²) in [4.78, 5) is 33.3. The number of nitro groups is 1. The smallest absolute Gasteiger partial charge is 0.407 e. The molecule has 0 saturated carbocycles. The van der Waals surface area contributed by atoms with Crippen molar-refractivity contribution in [3.63, 3.8) is 0 Å². The molecule has 0 aromatic heterocycles. The van der Waals surface area contributed by atoms with Gasteiger partial charge in [-0.3, -0.25) is 14.9 Å². The lowest BCUT2D eigenvalue weighted by Crippen LogP contribution is -2.31. The number of rotatable bonds is 8. The highest BCUT2D eigenvalue weighted by Crippen LogP contribution is 2.23. The van der Waals surface area contributed by atoms with Crippen LogP contribution in [0, 0.1) is 21.4 Å². The lowest BCUT2D eigenvalue weighted by molar-refractivity contribution is -0.383. The minimum absolute atomic E-state index is 0.0115. The topological polar surface area (TPSA) is 146 Å². The summed E-state index contributed by atoms with van der Waals surface area (Å²) in [5, 5.41) is 27.4. The molecule has 2 amide bonds. The van der Waals surface area contributed by atoms with Crippen molar-refractivity contribution in [2.24, 2.45) is 0 Å². The minimum atomic E-state index is -0.789. The first-order valence-electron chi connectivity index (χ1n) is 7.28. The van der Waals surface area contributed by atoms with Crippen LogP contribution in [0.15, 0.2) is 36.0 Å². The third kappa shape index (κ3) is 6.57. The molecule has 132 valence electrons. The molecule has 0 radical (unpaired) electrons. The minimum Gasteiger partial charge on any atom is -0.450 e. The van der Waals surface area contributed by atoms with E-state index in [-0.39, 0.29) is 36.6 Å². The van der Waals surface area contributed by atoms with E-state index in [2.05, 4.69) is 20.7 Å². The first kappa shape index (κ1) is 19.4. The molecule has 10 heteroatoms. The summed E-state index contributed by atoms with van der Waals surface area (Å²) in [7, 11) is 0. The van der Waals surface area contributed by atoms with E-state index in [1.807, 2.05) is 0 Å². The van der Waals surface area contributed by atoms with Gasteiger partial charge >= 0.3 is 6.09 Å². The van der Waals surface area contributed by atoms with Gasteiger partial charge < -0.3 is 20.7 Å². The SMILES string of the molecule is CCOC(=O)NCCN/C=C(/C#N)C(=O)Nc1ccccc1[N+](=O)[O-]. The number of alkyl carbamates (subject to hydrolysis) is 1. The van der Waals surface area contributed by atoms with Crippen LogP contribution in [-0.2, 0) is 9.53 Å². The number of nitrogens with one attached hydrogen (secondary N) is 3. The Morgan fingerprint density at radius 3 is 2.72 bits per heavy atom. The van der Waals surface area contributed by atoms with Crippen molar-refractivity contribution in [1.82, 2.24) is 10.6 Å². The fourth-order valence-corrected chi connectivity index (χ4v) is 1.67. The van der Waals surface area contributed by atoms with Crippen molar-refractivity contribution in [3.8, 4) is 6.07 Å². The molecular weight excluding hydrogens is 330 g/mol. The maximum atomic E-state index is 12.0. The van der Waals surface area contributed by atoms with Crippen LogP contribution in [0.2, 0.25) is 0 Å². The highest BCUT2D eigenvalue weighted by molar-refractivity contribution is 6.07. The molecule has 1 aromatic rings. The van der Waals surface area contributed by atoms with E-state index in [1.165, 1.54) is 24.3 Å². The second kappa shape index (κ2) is 10.2. The Morgan fingerprint density at radius 2 is 2.08 bits per heavy atom. The van der Waals surface area contributed by atoms with Gasteiger partial charge in [-0.05, 0) is 13.0 Å². The second-order valence-corrected chi connectivity index (χ2v) is 4.50. The van der Waals surface area contributed by atoms with Crippen molar-refractivity contribution in [2.45, 2.75) is 6.92 Å². The fourth-order valence-electron chi connectivity index (χ4n) is 1.67. The van der Waals surface area contributed by atoms with Crippen molar-refractivity contribution in [1.29, 1.82) is 5.26 Å². The van der Waals surface area contributed by atoms with Crippen LogP contribution >= 0.6 is 0 Å². The van der Waals surface area contributed by atoms with Crippen LogP contribution in [0.25, 0.3) is 0 Å². The molecule has 0 unspecified atom stereocenters. The van der Waals surface area contributed by atoms with Gasteiger partial charge in [0.2, 0.25) is 0 Å². The lowest BCUT2D eigenvalue weighted by atomic mass is 10.2. The van der Waals surface area contributed by atoms with Crippen LogP contribution in [0.1, 0.15) is 6.92 Å². The Labute approximate surface area is 143 Å². The molecular formula is C15H17N5O5. The zero-order valence-corrected chi connectivity index (χ0v) is 13.4. The second-order valence-electron chi connectivity index (χ2n) is 4.50. The number of anilines is 1. The molecule has 0 aliphatic carbocycles. The number of benzene rings is 1. The number of ether oxygens (including phenoxy) is 1. The zero-order valence-electron chi connectivity index (χ0n) is 13.4. The van der Waals surface area contributed by atoms with E-state index in [4.69, 9.17) is 5.26 Å². The van der Waals surface area contributed by atoms with Crippen molar-refractivity contribution < 1.29 is 19.2 Å². The normalized spacial score (nSPS) is 10.3. The number of hydrogen-bond donors (Lipinski definition) is 3. The Kier molecular flexibility index (Phi) is 7.94. The third-order valence-electron chi connectivity index (χ3n) is 2.77. The number of nitrogens with zero attached hydrogens (tertiary/aromatic N) is 2. The van der Waals surface area contributed by atoms with Gasteiger partial charge in [0.05, 0.1) is 11.5 Å². The van der Waals surface area contributed by atoms with E-state index in [1.54, 1.807) is 13.0 Å². The van der Waals surface area contributed by atoms with Gasteiger partial charge in [-0.2, -0.15) is 5.26 Å². The molecule has 0 aliphatic heterocycles. The monoisotopic (exact) mass is 347 g/mol. The summed E-state index contributed by atoms with van der Waals surface area (Å²) in [5.41, 5.74) is -0.559. The Balaban J connectivity index is 2.59. The first-order chi connectivity index (χ1) is 12.0. The van der Waals surface area contributed by atoms with Gasteiger partial charge in [0, 0.05) is 25.4 Å². The van der Waals surface area contributed by atoms with Crippen LogP contribution in [-0.4, -0.2) is 36.6 Å². The van der Waals surface area contributed by atoms with Crippen LogP contribution in [0.3, 0.4) is 0 Å². The van der Waals surface area contributed by atoms with E-state index >= 15 is 0 Å². The molecule has 0 bridgehead atoms. The maximum absolute atomic E-state index is 12.0. The van der Waals surface area contributed by atoms with Crippen LogP contribution in [0.4, 0.5) is 16.2 Å². The highest BCUT2D eigenvalue weighted by Gasteiger charge is 2.16. The number of nitriles is 1. The maximum Gasteiger partial charge on any atom is 0.407 e. The van der Waals surface area contributed by atoms with Crippen LogP contribution in [0.5, 0.6) is 0 Å². The van der Waals surface area contributed by atoms with E-state index < -0.39 is 16.9 Å². The van der Waals surface area contributed by atoms with Crippen LogP contribution < -0.4 is 16.0 Å². The lowest BCUT2D eigenvalue weighted by Gasteiger charge is -2.06. The molecule has 0 saturated heterocycles. The van der Waals surface area contributed by atoms with Crippen molar-refractivity contribution in [3.05, 3.63) is 46.2 Å². The number of carbonyl (C=O) groups is 2. The standard InChI is InChI=1S/C15H17N5O5/c1-2-25-15(22)18-8-7-17-10-11(9-16)14(21)19-12-5-3-4-6-13(12)20(23)24/h3-6,10,17H,2,7-8H2,1H3,(H,18,22)(H,19,21)/b11-10-.